The molecule has 0 radical (unpaired) electrons. The quantitative estimate of drug-likeness (QED) is 0.689. The highest BCUT2D eigenvalue weighted by Gasteiger charge is 2.17. The van der Waals surface area contributed by atoms with Crippen LogP contribution in [-0.2, 0) is 22.4 Å². The van der Waals surface area contributed by atoms with Crippen molar-refractivity contribution in [2.75, 3.05) is 33.5 Å². The molecule has 0 bridgehead atoms. The van der Waals surface area contributed by atoms with Gasteiger partial charge in [-0.25, -0.2) is 4.98 Å². The van der Waals surface area contributed by atoms with Gasteiger partial charge in [-0.05, 0) is 12.3 Å². The van der Waals surface area contributed by atoms with Gasteiger partial charge in [-0.15, -0.1) is 0 Å². The minimum Gasteiger partial charge on any atom is -0.383 e. The summed E-state index contributed by atoms with van der Waals surface area (Å²) in [5.41, 5.74) is 1.13. The van der Waals surface area contributed by atoms with Crippen molar-refractivity contribution in [3.8, 4) is 0 Å². The van der Waals surface area contributed by atoms with E-state index in [0.29, 0.717) is 5.92 Å². The molecule has 2 N–H and O–H groups in total. The Labute approximate surface area is 102 Å². The number of imidazole rings is 1. The van der Waals surface area contributed by atoms with Crippen molar-refractivity contribution in [3.63, 3.8) is 0 Å². The number of hydrogen-bond donors (Lipinski definition) is 2. The molecule has 1 saturated heterocycles. The third kappa shape index (κ3) is 4.11. The van der Waals surface area contributed by atoms with E-state index in [0.717, 1.165) is 57.3 Å². The third-order valence-electron chi connectivity index (χ3n) is 2.99. The average molecular weight is 239 g/mol. The molecule has 1 aliphatic rings. The molecule has 1 aromatic heterocycles. The summed E-state index contributed by atoms with van der Waals surface area (Å²) < 4.78 is 10.3. The highest BCUT2D eigenvalue weighted by atomic mass is 16.5. The van der Waals surface area contributed by atoms with Gasteiger partial charge in [0, 0.05) is 51.7 Å². The van der Waals surface area contributed by atoms with E-state index in [1.54, 1.807) is 7.11 Å². The molecule has 0 aliphatic carbocycles. The molecule has 5 heteroatoms. The van der Waals surface area contributed by atoms with Crippen LogP contribution in [0.3, 0.4) is 0 Å². The van der Waals surface area contributed by atoms with Crippen LogP contribution in [0.25, 0.3) is 0 Å². The highest BCUT2D eigenvalue weighted by Crippen LogP contribution is 2.16. The van der Waals surface area contributed by atoms with Crippen molar-refractivity contribution in [1.29, 1.82) is 0 Å². The van der Waals surface area contributed by atoms with Crippen LogP contribution in [0.5, 0.6) is 0 Å². The zero-order valence-electron chi connectivity index (χ0n) is 10.4. The molecular weight excluding hydrogens is 218 g/mol. The maximum atomic E-state index is 5.36. The first-order chi connectivity index (χ1) is 8.38. The van der Waals surface area contributed by atoms with Crippen molar-refractivity contribution in [2.24, 2.45) is 5.92 Å². The van der Waals surface area contributed by atoms with Crippen LogP contribution in [0.1, 0.15) is 17.9 Å². The van der Waals surface area contributed by atoms with Crippen LogP contribution >= 0.6 is 0 Å². The van der Waals surface area contributed by atoms with Crippen LogP contribution in [-0.4, -0.2) is 43.4 Å². The van der Waals surface area contributed by atoms with E-state index in [1.165, 1.54) is 0 Å². The molecule has 17 heavy (non-hydrogen) atoms. The zero-order valence-corrected chi connectivity index (χ0v) is 10.4. The van der Waals surface area contributed by atoms with Crippen LogP contribution < -0.4 is 5.32 Å². The summed E-state index contributed by atoms with van der Waals surface area (Å²) >= 11 is 0. The van der Waals surface area contributed by atoms with Gasteiger partial charge in [-0.2, -0.15) is 0 Å². The molecule has 5 nitrogen and oxygen atoms in total. The first kappa shape index (κ1) is 12.5. The van der Waals surface area contributed by atoms with E-state index in [-0.39, 0.29) is 0 Å². The fourth-order valence-electron chi connectivity index (χ4n) is 2.01. The Morgan fingerprint density at radius 3 is 3.35 bits per heavy atom. The van der Waals surface area contributed by atoms with Gasteiger partial charge in [-0.1, -0.05) is 0 Å². The first-order valence-electron chi connectivity index (χ1n) is 6.18. The molecule has 96 valence electrons. The minimum atomic E-state index is 0.635. The van der Waals surface area contributed by atoms with Crippen molar-refractivity contribution in [3.05, 3.63) is 17.7 Å². The van der Waals surface area contributed by atoms with Crippen molar-refractivity contribution >= 4 is 0 Å². The number of ether oxygens (including phenoxy) is 2. The minimum absolute atomic E-state index is 0.635. The van der Waals surface area contributed by atoms with Crippen molar-refractivity contribution < 1.29 is 9.47 Å². The van der Waals surface area contributed by atoms with E-state index in [1.807, 2.05) is 6.20 Å². The van der Waals surface area contributed by atoms with Gasteiger partial charge in [0.1, 0.15) is 5.82 Å². The van der Waals surface area contributed by atoms with Crippen LogP contribution in [0.15, 0.2) is 6.20 Å². The molecule has 1 aliphatic heterocycles. The maximum Gasteiger partial charge on any atom is 0.106 e. The standard InChI is InChI=1S/C12H21N3O2/c1-16-5-3-13-7-11-8-14-12(15-11)6-10-2-4-17-9-10/h8,10,13H,2-7,9H2,1H3,(H,14,15). The lowest BCUT2D eigenvalue weighted by Gasteiger charge is -2.04. The largest absolute Gasteiger partial charge is 0.383 e. The number of methoxy groups -OCH3 is 1. The predicted octanol–water partition coefficient (Wildman–Crippen LogP) is 0.725. The monoisotopic (exact) mass is 239 g/mol. The molecule has 1 aromatic rings. The smallest absolute Gasteiger partial charge is 0.106 e. The van der Waals surface area contributed by atoms with E-state index in [4.69, 9.17) is 9.47 Å². The summed E-state index contributed by atoms with van der Waals surface area (Å²) in [6.07, 6.45) is 4.06. The first-order valence-corrected chi connectivity index (χ1v) is 6.18. The lowest BCUT2D eigenvalue weighted by molar-refractivity contribution is 0.185. The van der Waals surface area contributed by atoms with Gasteiger partial charge in [-0.3, -0.25) is 0 Å². The van der Waals surface area contributed by atoms with Gasteiger partial charge >= 0.3 is 0 Å². The highest BCUT2D eigenvalue weighted by molar-refractivity contribution is 5.02. The van der Waals surface area contributed by atoms with Gasteiger partial charge < -0.3 is 19.8 Å². The molecule has 0 amide bonds. The second kappa shape index (κ2) is 6.74. The number of aromatic amines is 1. The fraction of sp³-hybridized carbons (Fsp3) is 0.750. The van der Waals surface area contributed by atoms with E-state index < -0.39 is 0 Å². The van der Waals surface area contributed by atoms with Crippen molar-refractivity contribution in [1.82, 2.24) is 15.3 Å². The molecule has 1 atom stereocenters. The Balaban J connectivity index is 1.71. The summed E-state index contributed by atoms with van der Waals surface area (Å²) in [6.45, 7) is 4.19. The lowest BCUT2D eigenvalue weighted by atomic mass is 10.1. The summed E-state index contributed by atoms with van der Waals surface area (Å²) in [4.78, 5) is 7.74. The van der Waals surface area contributed by atoms with Crippen LogP contribution in [0.4, 0.5) is 0 Å². The van der Waals surface area contributed by atoms with Crippen LogP contribution in [0.2, 0.25) is 0 Å². The Morgan fingerprint density at radius 1 is 1.65 bits per heavy atom. The second-order valence-electron chi connectivity index (χ2n) is 4.46. The van der Waals surface area contributed by atoms with Gasteiger partial charge in [0.25, 0.3) is 0 Å². The normalized spacial score (nSPS) is 19.9. The molecule has 1 unspecified atom stereocenters. The number of nitrogens with one attached hydrogen (secondary N) is 2. The summed E-state index contributed by atoms with van der Waals surface area (Å²) in [6, 6.07) is 0. The molecular formula is C12H21N3O2. The van der Waals surface area contributed by atoms with E-state index in [2.05, 4.69) is 15.3 Å². The number of aromatic nitrogens is 2. The predicted molar refractivity (Wildman–Crippen MR) is 64.8 cm³/mol. The topological polar surface area (TPSA) is 59.2 Å². The maximum absolute atomic E-state index is 5.36. The zero-order chi connectivity index (χ0) is 11.9. The molecule has 2 rings (SSSR count). The number of hydrogen-bond acceptors (Lipinski definition) is 4. The van der Waals surface area contributed by atoms with Gasteiger partial charge in [0.05, 0.1) is 6.61 Å². The molecule has 0 saturated carbocycles. The Kier molecular flexibility index (Phi) is 4.97. The number of nitrogens with zero attached hydrogens (tertiary/aromatic N) is 1. The summed E-state index contributed by atoms with van der Waals surface area (Å²) in [7, 11) is 1.71. The number of H-pyrrole nitrogens is 1. The Morgan fingerprint density at radius 2 is 2.59 bits per heavy atom. The van der Waals surface area contributed by atoms with Gasteiger partial charge in [0.2, 0.25) is 0 Å². The summed E-state index contributed by atoms with van der Waals surface area (Å²) in [5.74, 6) is 1.71. The molecule has 0 aromatic carbocycles. The lowest BCUT2D eigenvalue weighted by Crippen LogP contribution is -2.18. The molecule has 2 heterocycles. The van der Waals surface area contributed by atoms with E-state index in [9.17, 15) is 0 Å². The molecule has 0 spiro atoms. The molecule has 1 fully saturated rings. The van der Waals surface area contributed by atoms with E-state index >= 15 is 0 Å². The summed E-state index contributed by atoms with van der Waals surface area (Å²) in [5, 5.41) is 3.29. The third-order valence-corrected chi connectivity index (χ3v) is 2.99. The SMILES string of the molecule is COCCNCc1cnc(CC2CCOC2)[nH]1. The Bertz CT molecular complexity index is 321. The van der Waals surface area contributed by atoms with Crippen molar-refractivity contribution in [2.45, 2.75) is 19.4 Å². The van der Waals surface area contributed by atoms with Crippen LogP contribution in [0, 0.1) is 5.92 Å². The number of rotatable bonds is 7. The average Bonchev–Trinajstić information content (AvgIpc) is 2.97. The Hall–Kier alpha value is -0.910. The van der Waals surface area contributed by atoms with Gasteiger partial charge in [0.15, 0.2) is 0 Å². The second-order valence-corrected chi connectivity index (χ2v) is 4.46. The fourth-order valence-corrected chi connectivity index (χ4v) is 2.01.